The van der Waals surface area contributed by atoms with Gasteiger partial charge in [-0.3, -0.25) is 4.79 Å². The van der Waals surface area contributed by atoms with Crippen LogP contribution in [0.15, 0.2) is 60.7 Å². The van der Waals surface area contributed by atoms with Crippen molar-refractivity contribution in [3.63, 3.8) is 0 Å². The highest BCUT2D eigenvalue weighted by atomic mass is 19.1. The van der Waals surface area contributed by atoms with E-state index in [2.05, 4.69) is 20.8 Å². The Balaban J connectivity index is 1.70. The van der Waals surface area contributed by atoms with E-state index in [0.717, 1.165) is 5.69 Å². The Morgan fingerprint density at radius 2 is 2.00 bits per heavy atom. The standard InChI is InChI=1S/C18H16FN5O/c1-13(18-21-22-23-24(18)16-8-3-2-4-9-16)20-17(25)11-10-14-6-5-7-15(19)12-14/h2-13H,1H3,(H,20,25)/b11-10-/t13-/m1/s1. The molecule has 0 aliphatic rings. The molecule has 1 atom stereocenters. The van der Waals surface area contributed by atoms with E-state index < -0.39 is 6.04 Å². The van der Waals surface area contributed by atoms with Gasteiger partial charge < -0.3 is 5.32 Å². The number of tetrazole rings is 1. The van der Waals surface area contributed by atoms with Gasteiger partial charge in [0.25, 0.3) is 0 Å². The van der Waals surface area contributed by atoms with Crippen molar-refractivity contribution >= 4 is 12.0 Å². The number of halogens is 1. The number of nitrogens with zero attached hydrogens (tertiary/aromatic N) is 4. The third kappa shape index (κ3) is 4.14. The molecule has 0 aliphatic heterocycles. The highest BCUT2D eigenvalue weighted by Gasteiger charge is 2.16. The zero-order valence-electron chi connectivity index (χ0n) is 13.5. The summed E-state index contributed by atoms with van der Waals surface area (Å²) < 4.78 is 14.7. The number of carbonyl (C=O) groups is 1. The lowest BCUT2D eigenvalue weighted by Gasteiger charge is -2.12. The molecule has 0 spiro atoms. The summed E-state index contributed by atoms with van der Waals surface area (Å²) in [5.74, 6) is -0.156. The van der Waals surface area contributed by atoms with Gasteiger partial charge >= 0.3 is 0 Å². The topological polar surface area (TPSA) is 72.7 Å². The number of hydrogen-bond acceptors (Lipinski definition) is 4. The van der Waals surface area contributed by atoms with E-state index in [-0.39, 0.29) is 11.7 Å². The van der Waals surface area contributed by atoms with Crippen LogP contribution in [-0.2, 0) is 4.79 Å². The molecule has 0 unspecified atom stereocenters. The fraction of sp³-hybridized carbons (Fsp3) is 0.111. The highest BCUT2D eigenvalue weighted by molar-refractivity contribution is 5.91. The second-order valence-electron chi connectivity index (χ2n) is 5.40. The molecule has 6 nitrogen and oxygen atoms in total. The summed E-state index contributed by atoms with van der Waals surface area (Å²) in [6, 6.07) is 15.0. The van der Waals surface area contributed by atoms with Crippen LogP contribution in [0.2, 0.25) is 0 Å². The second kappa shape index (κ2) is 7.48. The first-order valence-electron chi connectivity index (χ1n) is 7.71. The molecular formula is C18H16FN5O. The third-order valence-electron chi connectivity index (χ3n) is 3.52. The molecular weight excluding hydrogens is 321 g/mol. The molecule has 0 bridgehead atoms. The number of aromatic nitrogens is 4. The van der Waals surface area contributed by atoms with Crippen molar-refractivity contribution in [2.75, 3.05) is 0 Å². The predicted molar refractivity (Wildman–Crippen MR) is 91.1 cm³/mol. The van der Waals surface area contributed by atoms with Crippen molar-refractivity contribution in [1.29, 1.82) is 0 Å². The fourth-order valence-electron chi connectivity index (χ4n) is 2.33. The molecule has 0 fully saturated rings. The van der Waals surface area contributed by atoms with Crippen molar-refractivity contribution in [2.24, 2.45) is 0 Å². The van der Waals surface area contributed by atoms with Crippen LogP contribution in [0, 0.1) is 5.82 Å². The zero-order valence-corrected chi connectivity index (χ0v) is 13.5. The molecule has 3 aromatic rings. The first-order valence-corrected chi connectivity index (χ1v) is 7.71. The van der Waals surface area contributed by atoms with Gasteiger partial charge in [-0.25, -0.2) is 4.39 Å². The number of benzene rings is 2. The molecule has 1 amide bonds. The van der Waals surface area contributed by atoms with E-state index in [1.807, 2.05) is 30.3 Å². The van der Waals surface area contributed by atoms with Crippen LogP contribution >= 0.6 is 0 Å². The normalized spacial score (nSPS) is 12.2. The minimum atomic E-state index is -0.403. The molecule has 126 valence electrons. The zero-order chi connectivity index (χ0) is 17.6. The van der Waals surface area contributed by atoms with Gasteiger partial charge in [0.15, 0.2) is 5.82 Å². The molecule has 1 heterocycles. The van der Waals surface area contributed by atoms with Crippen molar-refractivity contribution in [2.45, 2.75) is 13.0 Å². The van der Waals surface area contributed by atoms with Crippen molar-refractivity contribution < 1.29 is 9.18 Å². The van der Waals surface area contributed by atoms with Gasteiger partial charge in [0.05, 0.1) is 11.7 Å². The number of nitrogens with one attached hydrogen (secondary N) is 1. The van der Waals surface area contributed by atoms with Crippen LogP contribution in [0.4, 0.5) is 4.39 Å². The maximum absolute atomic E-state index is 13.1. The Labute approximate surface area is 144 Å². The molecule has 2 aromatic carbocycles. The van der Waals surface area contributed by atoms with E-state index in [9.17, 15) is 9.18 Å². The summed E-state index contributed by atoms with van der Waals surface area (Å²) in [5, 5.41) is 14.4. The minimum absolute atomic E-state index is 0.320. The van der Waals surface area contributed by atoms with Crippen molar-refractivity contribution in [1.82, 2.24) is 25.5 Å². The summed E-state index contributed by atoms with van der Waals surface area (Å²) >= 11 is 0. The molecule has 1 aromatic heterocycles. The van der Waals surface area contributed by atoms with E-state index in [1.54, 1.807) is 29.8 Å². The summed E-state index contributed by atoms with van der Waals surface area (Å²) in [6.07, 6.45) is 2.90. The summed E-state index contributed by atoms with van der Waals surface area (Å²) in [5.41, 5.74) is 1.41. The van der Waals surface area contributed by atoms with E-state index in [1.165, 1.54) is 18.2 Å². The molecule has 0 saturated heterocycles. The summed E-state index contributed by atoms with van der Waals surface area (Å²) in [7, 11) is 0. The van der Waals surface area contributed by atoms with Gasteiger partial charge in [0.2, 0.25) is 5.91 Å². The molecule has 1 N–H and O–H groups in total. The van der Waals surface area contributed by atoms with Gasteiger partial charge in [0.1, 0.15) is 5.82 Å². The van der Waals surface area contributed by atoms with Crippen molar-refractivity contribution in [3.8, 4) is 5.69 Å². The first kappa shape index (κ1) is 16.5. The Kier molecular flexibility index (Phi) is 4.94. The average Bonchev–Trinajstić information content (AvgIpc) is 3.11. The Bertz CT molecular complexity index is 891. The summed E-state index contributed by atoms with van der Waals surface area (Å²) in [4.78, 5) is 12.1. The number of para-hydroxylation sites is 1. The van der Waals surface area contributed by atoms with Gasteiger partial charge in [-0.05, 0) is 53.3 Å². The monoisotopic (exact) mass is 337 g/mol. The quantitative estimate of drug-likeness (QED) is 0.727. The predicted octanol–water partition coefficient (Wildman–Crippen LogP) is 2.69. The minimum Gasteiger partial charge on any atom is -0.343 e. The average molecular weight is 337 g/mol. The van der Waals surface area contributed by atoms with Crippen LogP contribution in [0.5, 0.6) is 0 Å². The number of hydrogen-bond donors (Lipinski definition) is 1. The Hall–Kier alpha value is -3.35. The Morgan fingerprint density at radius 1 is 1.20 bits per heavy atom. The van der Waals surface area contributed by atoms with Crippen LogP contribution in [0.1, 0.15) is 24.4 Å². The maximum atomic E-state index is 13.1. The highest BCUT2D eigenvalue weighted by Crippen LogP contribution is 2.13. The second-order valence-corrected chi connectivity index (χ2v) is 5.40. The van der Waals surface area contributed by atoms with Crippen LogP contribution in [0.25, 0.3) is 11.8 Å². The van der Waals surface area contributed by atoms with Gasteiger partial charge in [-0.1, -0.05) is 30.3 Å². The fourth-order valence-corrected chi connectivity index (χ4v) is 2.33. The van der Waals surface area contributed by atoms with Crippen LogP contribution in [-0.4, -0.2) is 26.1 Å². The lowest BCUT2D eigenvalue weighted by Crippen LogP contribution is -2.27. The van der Waals surface area contributed by atoms with Crippen LogP contribution in [0.3, 0.4) is 0 Å². The van der Waals surface area contributed by atoms with Crippen LogP contribution < -0.4 is 5.32 Å². The van der Waals surface area contributed by atoms with E-state index in [0.29, 0.717) is 11.4 Å². The lowest BCUT2D eigenvalue weighted by atomic mass is 10.2. The largest absolute Gasteiger partial charge is 0.343 e. The summed E-state index contributed by atoms with van der Waals surface area (Å²) in [6.45, 7) is 1.79. The lowest BCUT2D eigenvalue weighted by molar-refractivity contribution is -0.117. The first-order chi connectivity index (χ1) is 12.1. The number of rotatable bonds is 5. The molecule has 25 heavy (non-hydrogen) atoms. The Morgan fingerprint density at radius 3 is 2.76 bits per heavy atom. The smallest absolute Gasteiger partial charge is 0.244 e. The van der Waals surface area contributed by atoms with Gasteiger partial charge in [-0.15, -0.1) is 5.10 Å². The number of carbonyl (C=O) groups excluding carboxylic acids is 1. The van der Waals surface area contributed by atoms with Gasteiger partial charge in [0, 0.05) is 6.08 Å². The SMILES string of the molecule is C[C@@H](NC(=O)/C=C\c1cccc(F)c1)c1nnnn1-c1ccccc1. The van der Waals surface area contributed by atoms with E-state index in [4.69, 9.17) is 0 Å². The number of amides is 1. The van der Waals surface area contributed by atoms with Gasteiger partial charge in [-0.2, -0.15) is 4.68 Å². The molecule has 0 radical (unpaired) electrons. The molecule has 7 heteroatoms. The molecule has 3 rings (SSSR count). The molecule has 0 saturated carbocycles. The maximum Gasteiger partial charge on any atom is 0.244 e. The third-order valence-corrected chi connectivity index (χ3v) is 3.52. The van der Waals surface area contributed by atoms with Crippen molar-refractivity contribution in [3.05, 3.63) is 77.9 Å². The van der Waals surface area contributed by atoms with E-state index >= 15 is 0 Å². The molecule has 0 aliphatic carbocycles.